The van der Waals surface area contributed by atoms with Crippen LogP contribution in [0.15, 0.2) is 29.4 Å². The van der Waals surface area contributed by atoms with Gasteiger partial charge in [-0.2, -0.15) is 0 Å². The van der Waals surface area contributed by atoms with Gasteiger partial charge in [0.05, 0.1) is 17.3 Å². The van der Waals surface area contributed by atoms with Crippen molar-refractivity contribution < 1.29 is 9.59 Å². The number of carbonyl (C=O) groups is 2. The summed E-state index contributed by atoms with van der Waals surface area (Å²) in [5.74, 6) is -0.0999. The highest BCUT2D eigenvalue weighted by atomic mass is 32.2. The van der Waals surface area contributed by atoms with Gasteiger partial charge >= 0.3 is 0 Å². The minimum Gasteiger partial charge on any atom is -0.352 e. The maximum Gasteiger partial charge on any atom is 0.239 e. The van der Waals surface area contributed by atoms with Gasteiger partial charge in [0.1, 0.15) is 0 Å². The first-order valence-electron chi connectivity index (χ1n) is 5.68. The van der Waals surface area contributed by atoms with E-state index in [4.69, 9.17) is 0 Å². The summed E-state index contributed by atoms with van der Waals surface area (Å²) in [6.45, 7) is 3.76. The Morgan fingerprint density at radius 2 is 2.11 bits per heavy atom. The Kier molecular flexibility index (Phi) is 6.21. The Hall–Kier alpha value is -1.56. The molecule has 6 heteroatoms. The Bertz CT molecular complexity index is 396. The maximum absolute atomic E-state index is 11.5. The quantitative estimate of drug-likeness (QED) is 0.748. The molecule has 0 aliphatic carbocycles. The van der Waals surface area contributed by atoms with Crippen LogP contribution in [0.2, 0.25) is 0 Å². The molecule has 0 aliphatic rings. The van der Waals surface area contributed by atoms with Gasteiger partial charge in [0.2, 0.25) is 11.8 Å². The van der Waals surface area contributed by atoms with Crippen LogP contribution in [-0.2, 0) is 9.59 Å². The largest absolute Gasteiger partial charge is 0.352 e. The molecular formula is C12H17N3O2S. The van der Waals surface area contributed by atoms with Gasteiger partial charge in [-0.25, -0.2) is 4.98 Å². The second-order valence-corrected chi connectivity index (χ2v) is 4.95. The average Bonchev–Trinajstić information content (AvgIpc) is 2.34. The zero-order valence-corrected chi connectivity index (χ0v) is 11.3. The van der Waals surface area contributed by atoms with Crippen molar-refractivity contribution in [3.05, 3.63) is 24.4 Å². The SMILES string of the molecule is CC(C)NC(=O)CNC(=O)CSc1ccccn1. The molecule has 1 aromatic heterocycles. The number of pyridine rings is 1. The van der Waals surface area contributed by atoms with Crippen molar-refractivity contribution in [1.82, 2.24) is 15.6 Å². The van der Waals surface area contributed by atoms with Crippen LogP contribution < -0.4 is 10.6 Å². The Labute approximate surface area is 111 Å². The fourth-order valence-corrected chi connectivity index (χ4v) is 1.87. The number of carbonyl (C=O) groups excluding carboxylic acids is 2. The van der Waals surface area contributed by atoms with Crippen molar-refractivity contribution in [2.75, 3.05) is 12.3 Å². The van der Waals surface area contributed by atoms with Crippen molar-refractivity contribution in [3.63, 3.8) is 0 Å². The summed E-state index contributed by atoms with van der Waals surface area (Å²) in [6.07, 6.45) is 1.68. The molecule has 0 aliphatic heterocycles. The van der Waals surface area contributed by atoms with E-state index >= 15 is 0 Å². The van der Waals surface area contributed by atoms with Gasteiger partial charge in [-0.05, 0) is 26.0 Å². The Morgan fingerprint density at radius 1 is 1.33 bits per heavy atom. The van der Waals surface area contributed by atoms with E-state index in [0.29, 0.717) is 0 Å². The van der Waals surface area contributed by atoms with Crippen molar-refractivity contribution >= 4 is 23.6 Å². The van der Waals surface area contributed by atoms with Gasteiger partial charge in [-0.15, -0.1) is 0 Å². The minimum atomic E-state index is -0.179. The molecule has 0 saturated heterocycles. The summed E-state index contributed by atoms with van der Waals surface area (Å²) in [5, 5.41) is 6.05. The van der Waals surface area contributed by atoms with Gasteiger partial charge in [-0.1, -0.05) is 17.8 Å². The van der Waals surface area contributed by atoms with Gasteiger partial charge in [-0.3, -0.25) is 9.59 Å². The fraction of sp³-hybridized carbons (Fsp3) is 0.417. The molecule has 0 spiro atoms. The van der Waals surface area contributed by atoms with E-state index in [2.05, 4.69) is 15.6 Å². The monoisotopic (exact) mass is 267 g/mol. The summed E-state index contributed by atoms with van der Waals surface area (Å²) in [4.78, 5) is 26.8. The highest BCUT2D eigenvalue weighted by Crippen LogP contribution is 2.12. The number of aromatic nitrogens is 1. The van der Waals surface area contributed by atoms with Crippen LogP contribution in [-0.4, -0.2) is 35.1 Å². The molecule has 98 valence electrons. The molecule has 1 aromatic rings. The fourth-order valence-electron chi connectivity index (χ4n) is 1.17. The predicted octanol–water partition coefficient (Wildman–Crippen LogP) is 0.814. The lowest BCUT2D eigenvalue weighted by Gasteiger charge is -2.09. The van der Waals surface area contributed by atoms with Crippen LogP contribution in [0.3, 0.4) is 0 Å². The van der Waals surface area contributed by atoms with Crippen molar-refractivity contribution in [2.45, 2.75) is 24.9 Å². The predicted molar refractivity (Wildman–Crippen MR) is 71.2 cm³/mol. The summed E-state index contributed by atoms with van der Waals surface area (Å²) in [6, 6.07) is 5.60. The number of rotatable bonds is 6. The number of nitrogens with one attached hydrogen (secondary N) is 2. The smallest absolute Gasteiger partial charge is 0.239 e. The summed E-state index contributed by atoms with van der Waals surface area (Å²) < 4.78 is 0. The zero-order chi connectivity index (χ0) is 13.4. The molecule has 0 aromatic carbocycles. The number of hydrogen-bond acceptors (Lipinski definition) is 4. The molecule has 0 radical (unpaired) electrons. The number of hydrogen-bond donors (Lipinski definition) is 2. The summed E-state index contributed by atoms with van der Waals surface area (Å²) >= 11 is 1.34. The van der Waals surface area contributed by atoms with Crippen LogP contribution in [0.25, 0.3) is 0 Å². The maximum atomic E-state index is 11.5. The van der Waals surface area contributed by atoms with Gasteiger partial charge in [0.15, 0.2) is 0 Å². The second kappa shape index (κ2) is 7.71. The summed E-state index contributed by atoms with van der Waals surface area (Å²) in [5.41, 5.74) is 0. The lowest BCUT2D eigenvalue weighted by molar-refractivity contribution is -0.125. The van der Waals surface area contributed by atoms with Gasteiger partial charge < -0.3 is 10.6 Å². The van der Waals surface area contributed by atoms with E-state index in [0.717, 1.165) is 5.03 Å². The number of thioether (sulfide) groups is 1. The third kappa shape index (κ3) is 6.24. The average molecular weight is 267 g/mol. The highest BCUT2D eigenvalue weighted by Gasteiger charge is 2.07. The molecule has 2 N–H and O–H groups in total. The number of amides is 2. The third-order valence-electron chi connectivity index (χ3n) is 1.88. The van der Waals surface area contributed by atoms with Gasteiger partial charge in [0.25, 0.3) is 0 Å². The van der Waals surface area contributed by atoms with E-state index in [9.17, 15) is 9.59 Å². The van der Waals surface area contributed by atoms with Crippen molar-refractivity contribution in [1.29, 1.82) is 0 Å². The lowest BCUT2D eigenvalue weighted by Crippen LogP contribution is -2.40. The molecule has 0 saturated carbocycles. The van der Waals surface area contributed by atoms with Gasteiger partial charge in [0, 0.05) is 12.2 Å². The molecule has 0 fully saturated rings. The molecule has 5 nitrogen and oxygen atoms in total. The van der Waals surface area contributed by atoms with Crippen LogP contribution >= 0.6 is 11.8 Å². The zero-order valence-electron chi connectivity index (χ0n) is 10.5. The van der Waals surface area contributed by atoms with E-state index in [1.54, 1.807) is 6.20 Å². The van der Waals surface area contributed by atoms with Crippen LogP contribution in [0.5, 0.6) is 0 Å². The first-order valence-corrected chi connectivity index (χ1v) is 6.66. The van der Waals surface area contributed by atoms with Crippen LogP contribution in [0.1, 0.15) is 13.8 Å². The molecule has 1 heterocycles. The third-order valence-corrected chi connectivity index (χ3v) is 2.83. The topological polar surface area (TPSA) is 71.1 Å². The summed E-state index contributed by atoms with van der Waals surface area (Å²) in [7, 11) is 0. The van der Waals surface area contributed by atoms with Crippen molar-refractivity contribution in [2.24, 2.45) is 0 Å². The van der Waals surface area contributed by atoms with Crippen LogP contribution in [0.4, 0.5) is 0 Å². The first kappa shape index (κ1) is 14.5. The van der Waals surface area contributed by atoms with E-state index in [1.807, 2.05) is 32.0 Å². The van der Waals surface area contributed by atoms with E-state index < -0.39 is 0 Å². The molecule has 0 atom stereocenters. The lowest BCUT2D eigenvalue weighted by atomic mass is 10.4. The molecule has 0 bridgehead atoms. The molecule has 18 heavy (non-hydrogen) atoms. The standard InChI is InChI=1S/C12H17N3O2S/c1-9(2)15-10(16)7-14-11(17)8-18-12-5-3-4-6-13-12/h3-6,9H,7-8H2,1-2H3,(H,14,17)(H,15,16). The second-order valence-electron chi connectivity index (χ2n) is 3.96. The first-order chi connectivity index (χ1) is 8.58. The normalized spacial score (nSPS) is 10.2. The Morgan fingerprint density at radius 3 is 2.72 bits per heavy atom. The number of nitrogens with zero attached hydrogens (tertiary/aromatic N) is 1. The molecule has 2 amide bonds. The molecule has 1 rings (SSSR count). The Balaban J connectivity index is 2.20. The molecule has 0 unspecified atom stereocenters. The van der Waals surface area contributed by atoms with Crippen molar-refractivity contribution in [3.8, 4) is 0 Å². The minimum absolute atomic E-state index is 0.0137. The van der Waals surface area contributed by atoms with E-state index in [-0.39, 0.29) is 30.2 Å². The molecular weight excluding hydrogens is 250 g/mol. The highest BCUT2D eigenvalue weighted by molar-refractivity contribution is 7.99. The van der Waals surface area contributed by atoms with Crippen LogP contribution in [0, 0.1) is 0 Å². The van der Waals surface area contributed by atoms with E-state index in [1.165, 1.54) is 11.8 Å².